The van der Waals surface area contributed by atoms with E-state index in [9.17, 15) is 4.79 Å². The van der Waals surface area contributed by atoms with Crippen molar-refractivity contribution in [3.63, 3.8) is 0 Å². The second kappa shape index (κ2) is 8.63. The molecule has 156 valence electrons. The van der Waals surface area contributed by atoms with Gasteiger partial charge in [0, 0.05) is 63.2 Å². The number of pyridine rings is 1. The summed E-state index contributed by atoms with van der Waals surface area (Å²) < 4.78 is 7.10. The quantitative estimate of drug-likeness (QED) is 0.616. The molecule has 0 aromatic carbocycles. The minimum absolute atomic E-state index is 0.0724. The van der Waals surface area contributed by atoms with Crippen LogP contribution in [0.4, 0.5) is 5.13 Å². The van der Waals surface area contributed by atoms with Crippen LogP contribution in [-0.2, 0) is 24.3 Å². The third-order valence-electron chi connectivity index (χ3n) is 5.58. The highest BCUT2D eigenvalue weighted by atomic mass is 32.1. The summed E-state index contributed by atoms with van der Waals surface area (Å²) in [6.07, 6.45) is 4.42. The Balaban J connectivity index is 1.18. The Bertz CT molecular complexity index is 1040. The molecule has 0 aliphatic carbocycles. The summed E-state index contributed by atoms with van der Waals surface area (Å²) >= 11 is 1.77. The minimum Gasteiger partial charge on any atom is -0.375 e. The maximum absolute atomic E-state index is 12.2. The Morgan fingerprint density at radius 1 is 1.10 bits per heavy atom. The summed E-state index contributed by atoms with van der Waals surface area (Å²) in [6, 6.07) is 7.16. The second-order valence-corrected chi connectivity index (χ2v) is 8.58. The molecule has 0 atom stereocenters. The van der Waals surface area contributed by atoms with E-state index in [2.05, 4.69) is 19.9 Å². The second-order valence-electron chi connectivity index (χ2n) is 7.52. The normalized spacial score (nSPS) is 17.1. The zero-order valence-electron chi connectivity index (χ0n) is 16.7. The molecule has 8 nitrogen and oxygen atoms in total. The van der Waals surface area contributed by atoms with Gasteiger partial charge in [-0.15, -0.1) is 0 Å². The van der Waals surface area contributed by atoms with Crippen molar-refractivity contribution in [1.29, 1.82) is 0 Å². The maximum Gasteiger partial charge on any atom is 0.266 e. The fraction of sp³-hybridized carbons (Fsp3) is 0.429. The standard InChI is InChI=1S/C21H24N6O2S/c28-20-4-3-17(16-2-1-6-22-14-16)24-27(20)12-9-25-7-10-26(11-8-25)21-23-18-5-13-29-15-19(18)30-21/h1-4,6,14H,5,7-13,15H2. The van der Waals surface area contributed by atoms with E-state index >= 15 is 0 Å². The number of fused-ring (bicyclic) bond motifs is 1. The molecule has 0 radical (unpaired) electrons. The molecule has 0 N–H and O–H groups in total. The maximum atomic E-state index is 12.2. The smallest absolute Gasteiger partial charge is 0.266 e. The lowest BCUT2D eigenvalue weighted by Gasteiger charge is -2.34. The van der Waals surface area contributed by atoms with E-state index in [0.29, 0.717) is 13.2 Å². The molecule has 0 amide bonds. The Labute approximate surface area is 178 Å². The van der Waals surface area contributed by atoms with E-state index in [1.807, 2.05) is 12.1 Å². The molecular formula is C21H24N6O2S. The number of nitrogens with zero attached hydrogens (tertiary/aromatic N) is 6. The number of rotatable bonds is 5. The van der Waals surface area contributed by atoms with Crippen molar-refractivity contribution in [2.75, 3.05) is 44.2 Å². The predicted molar refractivity (Wildman–Crippen MR) is 116 cm³/mol. The third kappa shape index (κ3) is 4.14. The summed E-state index contributed by atoms with van der Waals surface area (Å²) in [5.41, 5.74) is 2.82. The van der Waals surface area contributed by atoms with Crippen LogP contribution in [0.5, 0.6) is 0 Å². The number of aromatic nitrogens is 4. The minimum atomic E-state index is -0.0724. The van der Waals surface area contributed by atoms with Gasteiger partial charge < -0.3 is 9.64 Å². The zero-order chi connectivity index (χ0) is 20.3. The molecule has 0 spiro atoms. The van der Waals surface area contributed by atoms with Crippen LogP contribution in [0.1, 0.15) is 10.6 Å². The fourth-order valence-corrected chi connectivity index (χ4v) is 4.92. The highest BCUT2D eigenvalue weighted by Crippen LogP contribution is 2.30. The van der Waals surface area contributed by atoms with Crippen LogP contribution >= 0.6 is 11.3 Å². The van der Waals surface area contributed by atoms with Gasteiger partial charge in [0.15, 0.2) is 5.13 Å². The Hall–Kier alpha value is -2.62. The first kappa shape index (κ1) is 19.3. The van der Waals surface area contributed by atoms with Crippen molar-refractivity contribution >= 4 is 16.5 Å². The van der Waals surface area contributed by atoms with E-state index in [1.165, 1.54) is 10.6 Å². The largest absolute Gasteiger partial charge is 0.375 e. The number of hydrogen-bond acceptors (Lipinski definition) is 8. The van der Waals surface area contributed by atoms with Crippen LogP contribution in [0.3, 0.4) is 0 Å². The van der Waals surface area contributed by atoms with E-state index in [1.54, 1.807) is 40.5 Å². The zero-order valence-corrected chi connectivity index (χ0v) is 17.6. The molecule has 30 heavy (non-hydrogen) atoms. The molecular weight excluding hydrogens is 400 g/mol. The molecule has 2 aliphatic rings. The van der Waals surface area contributed by atoms with Crippen molar-refractivity contribution in [1.82, 2.24) is 24.6 Å². The Morgan fingerprint density at radius 2 is 2.00 bits per heavy atom. The van der Waals surface area contributed by atoms with Crippen LogP contribution in [0.15, 0.2) is 41.5 Å². The average Bonchev–Trinajstić information content (AvgIpc) is 3.24. The molecule has 1 saturated heterocycles. The first-order valence-electron chi connectivity index (χ1n) is 10.3. The van der Waals surface area contributed by atoms with Crippen LogP contribution in [0.25, 0.3) is 11.3 Å². The summed E-state index contributed by atoms with van der Waals surface area (Å²) in [4.78, 5) is 27.2. The lowest BCUT2D eigenvalue weighted by Crippen LogP contribution is -2.47. The van der Waals surface area contributed by atoms with Gasteiger partial charge in [-0.25, -0.2) is 9.67 Å². The topological polar surface area (TPSA) is 76.4 Å². The van der Waals surface area contributed by atoms with Gasteiger partial charge in [0.2, 0.25) is 0 Å². The van der Waals surface area contributed by atoms with Crippen LogP contribution < -0.4 is 10.5 Å². The third-order valence-corrected chi connectivity index (χ3v) is 6.71. The number of thiazole rings is 1. The van der Waals surface area contributed by atoms with Gasteiger partial charge >= 0.3 is 0 Å². The number of hydrogen-bond donors (Lipinski definition) is 0. The van der Waals surface area contributed by atoms with Crippen LogP contribution in [-0.4, -0.2) is 64.0 Å². The molecule has 0 bridgehead atoms. The van der Waals surface area contributed by atoms with Gasteiger partial charge in [0.1, 0.15) is 0 Å². The molecule has 0 unspecified atom stereocenters. The highest BCUT2D eigenvalue weighted by molar-refractivity contribution is 7.15. The molecule has 3 aromatic heterocycles. The highest BCUT2D eigenvalue weighted by Gasteiger charge is 2.23. The molecule has 3 aromatic rings. The fourth-order valence-electron chi connectivity index (χ4n) is 3.82. The van der Waals surface area contributed by atoms with Crippen LogP contribution in [0.2, 0.25) is 0 Å². The summed E-state index contributed by atoms with van der Waals surface area (Å²) in [5.74, 6) is 0. The van der Waals surface area contributed by atoms with Gasteiger partial charge in [0.25, 0.3) is 5.56 Å². The summed E-state index contributed by atoms with van der Waals surface area (Å²) in [6.45, 7) is 6.67. The lowest BCUT2D eigenvalue weighted by molar-refractivity contribution is 0.112. The molecule has 0 saturated carbocycles. The van der Waals surface area contributed by atoms with Gasteiger partial charge in [-0.05, 0) is 18.2 Å². The van der Waals surface area contributed by atoms with Crippen molar-refractivity contribution in [2.24, 2.45) is 0 Å². The Morgan fingerprint density at radius 3 is 2.80 bits per heavy atom. The lowest BCUT2D eigenvalue weighted by atomic mass is 10.2. The molecule has 1 fully saturated rings. The van der Waals surface area contributed by atoms with Crippen molar-refractivity contribution in [2.45, 2.75) is 19.6 Å². The first-order valence-corrected chi connectivity index (χ1v) is 11.1. The van der Waals surface area contributed by atoms with Crippen molar-refractivity contribution < 1.29 is 4.74 Å². The van der Waals surface area contributed by atoms with Gasteiger partial charge in [-0.3, -0.25) is 14.7 Å². The first-order chi connectivity index (χ1) is 14.8. The molecule has 2 aliphatic heterocycles. The van der Waals surface area contributed by atoms with Gasteiger partial charge in [0.05, 0.1) is 36.0 Å². The summed E-state index contributed by atoms with van der Waals surface area (Å²) in [7, 11) is 0. The number of ether oxygens (including phenoxy) is 1. The Kier molecular flexibility index (Phi) is 5.56. The number of anilines is 1. The predicted octanol–water partition coefficient (Wildman–Crippen LogP) is 1.66. The van der Waals surface area contributed by atoms with E-state index in [0.717, 1.165) is 62.1 Å². The van der Waals surface area contributed by atoms with Crippen LogP contribution in [0, 0.1) is 0 Å². The monoisotopic (exact) mass is 424 g/mol. The van der Waals surface area contributed by atoms with E-state index in [4.69, 9.17) is 9.72 Å². The van der Waals surface area contributed by atoms with E-state index in [-0.39, 0.29) is 5.56 Å². The number of piperazine rings is 1. The molecule has 5 rings (SSSR count). The molecule has 5 heterocycles. The van der Waals surface area contributed by atoms with Gasteiger partial charge in [-0.1, -0.05) is 11.3 Å². The average molecular weight is 425 g/mol. The SMILES string of the molecule is O=c1ccc(-c2cccnc2)nn1CCN1CCN(c2nc3c(s2)COCC3)CC1. The summed E-state index contributed by atoms with van der Waals surface area (Å²) in [5, 5.41) is 5.65. The molecule has 9 heteroatoms. The van der Waals surface area contributed by atoms with Crippen molar-refractivity contribution in [3.8, 4) is 11.3 Å². The van der Waals surface area contributed by atoms with E-state index < -0.39 is 0 Å². The van der Waals surface area contributed by atoms with Gasteiger partial charge in [-0.2, -0.15) is 5.10 Å². The van der Waals surface area contributed by atoms with Crippen molar-refractivity contribution in [3.05, 3.63) is 57.6 Å².